The van der Waals surface area contributed by atoms with Gasteiger partial charge in [0.2, 0.25) is 10.0 Å². The maximum absolute atomic E-state index is 12.5. The Bertz CT molecular complexity index is 558. The summed E-state index contributed by atoms with van der Waals surface area (Å²) in [6.45, 7) is 2.83. The molecule has 2 N–H and O–H groups in total. The van der Waals surface area contributed by atoms with Crippen molar-refractivity contribution < 1.29 is 8.42 Å². The first-order chi connectivity index (χ1) is 8.32. The molecule has 0 radical (unpaired) electrons. The lowest BCUT2D eigenvalue weighted by Gasteiger charge is -2.17. The van der Waals surface area contributed by atoms with Crippen molar-refractivity contribution in [3.63, 3.8) is 0 Å². The van der Waals surface area contributed by atoms with Gasteiger partial charge in [0, 0.05) is 28.1 Å². The van der Waals surface area contributed by atoms with Gasteiger partial charge in [-0.3, -0.25) is 0 Å². The highest BCUT2D eigenvalue weighted by molar-refractivity contribution is 9.11. The van der Waals surface area contributed by atoms with E-state index >= 15 is 0 Å². The molecule has 1 aromatic rings. The van der Waals surface area contributed by atoms with Crippen molar-refractivity contribution in [3.05, 3.63) is 27.1 Å². The van der Waals surface area contributed by atoms with Crippen LogP contribution in [0.25, 0.3) is 0 Å². The number of hydrogen-bond donors (Lipinski definition) is 1. The number of benzene rings is 1. The van der Waals surface area contributed by atoms with Gasteiger partial charge in [-0.1, -0.05) is 22.9 Å². The van der Waals surface area contributed by atoms with E-state index in [0.29, 0.717) is 17.6 Å². The maximum Gasteiger partial charge on any atom is 0.244 e. The first-order valence-electron chi connectivity index (χ1n) is 5.53. The summed E-state index contributed by atoms with van der Waals surface area (Å²) in [5.74, 6) is 0.189. The topological polar surface area (TPSA) is 63.4 Å². The van der Waals surface area contributed by atoms with Crippen molar-refractivity contribution in [2.45, 2.75) is 17.9 Å². The van der Waals surface area contributed by atoms with Crippen LogP contribution in [0.1, 0.15) is 6.92 Å². The van der Waals surface area contributed by atoms with Crippen LogP contribution in [0.2, 0.25) is 0 Å². The van der Waals surface area contributed by atoms with Gasteiger partial charge in [0.1, 0.15) is 0 Å². The molecule has 4 nitrogen and oxygen atoms in total. The van der Waals surface area contributed by atoms with Gasteiger partial charge in [0.25, 0.3) is 0 Å². The highest BCUT2D eigenvalue weighted by Crippen LogP contribution is 2.30. The summed E-state index contributed by atoms with van der Waals surface area (Å²) in [4.78, 5) is 0.284. The van der Waals surface area contributed by atoms with E-state index in [-0.39, 0.29) is 29.3 Å². The molecular weight excluding hydrogens is 419 g/mol. The van der Waals surface area contributed by atoms with E-state index in [9.17, 15) is 8.42 Å². The third kappa shape index (κ3) is 3.51. The Labute approximate surface area is 136 Å². The monoisotopic (exact) mass is 432 g/mol. The van der Waals surface area contributed by atoms with Crippen LogP contribution in [0.3, 0.4) is 0 Å². The minimum Gasteiger partial charge on any atom is -0.326 e. The molecule has 0 aliphatic carbocycles. The van der Waals surface area contributed by atoms with Crippen molar-refractivity contribution in [2.24, 2.45) is 11.7 Å². The molecule has 8 heteroatoms. The molecule has 2 atom stereocenters. The van der Waals surface area contributed by atoms with Crippen LogP contribution in [-0.2, 0) is 10.0 Å². The molecule has 0 aromatic heterocycles. The van der Waals surface area contributed by atoms with Crippen LogP contribution in [0.5, 0.6) is 0 Å². The normalized spacial score (nSPS) is 24.2. The first-order valence-corrected chi connectivity index (χ1v) is 8.56. The lowest BCUT2D eigenvalue weighted by atomic mass is 10.1. The van der Waals surface area contributed by atoms with E-state index < -0.39 is 10.0 Å². The second-order valence-electron chi connectivity index (χ2n) is 4.54. The van der Waals surface area contributed by atoms with Crippen molar-refractivity contribution in [1.82, 2.24) is 4.31 Å². The molecule has 1 saturated heterocycles. The molecule has 108 valence electrons. The average molecular weight is 435 g/mol. The van der Waals surface area contributed by atoms with Gasteiger partial charge in [0.05, 0.1) is 4.90 Å². The van der Waals surface area contributed by atoms with Crippen LogP contribution in [0.4, 0.5) is 0 Å². The van der Waals surface area contributed by atoms with Crippen LogP contribution in [-0.4, -0.2) is 31.9 Å². The highest BCUT2D eigenvalue weighted by Gasteiger charge is 2.36. The van der Waals surface area contributed by atoms with E-state index in [1.807, 2.05) is 6.92 Å². The molecule has 0 amide bonds. The number of rotatable bonds is 2. The van der Waals surface area contributed by atoms with Crippen LogP contribution in [0, 0.1) is 5.92 Å². The molecule has 0 saturated carbocycles. The van der Waals surface area contributed by atoms with E-state index in [2.05, 4.69) is 31.9 Å². The number of sulfonamides is 1. The first kappa shape index (κ1) is 17.4. The summed E-state index contributed by atoms with van der Waals surface area (Å²) in [6.07, 6.45) is 0. The van der Waals surface area contributed by atoms with Crippen molar-refractivity contribution in [2.75, 3.05) is 13.1 Å². The molecule has 1 aromatic carbocycles. The summed E-state index contributed by atoms with van der Waals surface area (Å²) >= 11 is 6.60. The minimum absolute atomic E-state index is 0. The second kappa shape index (κ2) is 6.41. The number of nitrogens with two attached hydrogens (primary N) is 1. The summed E-state index contributed by atoms with van der Waals surface area (Å²) < 4.78 is 27.8. The lowest BCUT2D eigenvalue weighted by molar-refractivity contribution is 0.464. The van der Waals surface area contributed by atoms with E-state index in [1.165, 1.54) is 4.31 Å². The van der Waals surface area contributed by atoms with Crippen molar-refractivity contribution in [1.29, 1.82) is 0 Å². The Balaban J connectivity index is 0.00000180. The zero-order valence-corrected chi connectivity index (χ0v) is 15.0. The van der Waals surface area contributed by atoms with Crippen molar-refractivity contribution >= 4 is 54.3 Å². The SMILES string of the molecule is CC1CN(S(=O)(=O)c2ccc(Br)cc2Br)CC1N.Cl. The number of nitrogens with zero attached hydrogens (tertiary/aromatic N) is 1. The molecule has 0 spiro atoms. The van der Waals surface area contributed by atoms with Gasteiger partial charge in [-0.15, -0.1) is 12.4 Å². The largest absolute Gasteiger partial charge is 0.326 e. The van der Waals surface area contributed by atoms with Crippen molar-refractivity contribution in [3.8, 4) is 0 Å². The molecule has 2 unspecified atom stereocenters. The number of halogens is 3. The number of hydrogen-bond acceptors (Lipinski definition) is 3. The van der Waals surface area contributed by atoms with Gasteiger partial charge < -0.3 is 5.73 Å². The average Bonchev–Trinajstić information content (AvgIpc) is 2.59. The molecule has 0 bridgehead atoms. The van der Waals surface area contributed by atoms with Gasteiger partial charge in [-0.2, -0.15) is 4.31 Å². The zero-order valence-electron chi connectivity index (χ0n) is 10.2. The third-order valence-corrected chi connectivity index (χ3v) is 6.45. The predicted molar refractivity (Wildman–Crippen MR) is 85.0 cm³/mol. The van der Waals surface area contributed by atoms with Gasteiger partial charge in [-0.05, 0) is 40.0 Å². The van der Waals surface area contributed by atoms with Crippen LogP contribution in [0.15, 0.2) is 32.0 Å². The Hall–Kier alpha value is 0.340. The predicted octanol–water partition coefficient (Wildman–Crippen LogP) is 2.60. The Kier molecular flexibility index (Phi) is 5.86. The fraction of sp³-hybridized carbons (Fsp3) is 0.455. The third-order valence-electron chi connectivity index (χ3n) is 3.15. The summed E-state index contributed by atoms with van der Waals surface area (Å²) in [5.41, 5.74) is 5.88. The van der Waals surface area contributed by atoms with E-state index in [4.69, 9.17) is 5.73 Å². The maximum atomic E-state index is 12.5. The molecule has 2 rings (SSSR count). The highest BCUT2D eigenvalue weighted by atomic mass is 79.9. The van der Waals surface area contributed by atoms with Gasteiger partial charge in [0.15, 0.2) is 0 Å². The quantitative estimate of drug-likeness (QED) is 0.778. The molecule has 1 heterocycles. The van der Waals surface area contributed by atoms with Crippen LogP contribution < -0.4 is 5.73 Å². The van der Waals surface area contributed by atoms with Crippen LogP contribution >= 0.6 is 44.3 Å². The smallest absolute Gasteiger partial charge is 0.244 e. The van der Waals surface area contributed by atoms with Gasteiger partial charge in [-0.25, -0.2) is 8.42 Å². The zero-order chi connectivity index (χ0) is 13.5. The molecule has 1 fully saturated rings. The molecular formula is C11H15Br2ClN2O2S. The summed E-state index contributed by atoms with van der Waals surface area (Å²) in [6, 6.07) is 4.95. The fourth-order valence-electron chi connectivity index (χ4n) is 1.97. The fourth-order valence-corrected chi connectivity index (χ4v) is 5.25. The summed E-state index contributed by atoms with van der Waals surface area (Å²) in [5, 5.41) is 0. The van der Waals surface area contributed by atoms with E-state index in [1.54, 1.807) is 18.2 Å². The minimum atomic E-state index is -3.47. The molecule has 1 aliphatic rings. The lowest BCUT2D eigenvalue weighted by Crippen LogP contribution is -2.32. The molecule has 19 heavy (non-hydrogen) atoms. The standard InChI is InChI=1S/C11H14Br2N2O2S.ClH/c1-7-5-15(6-10(7)14)18(16,17)11-3-2-8(12)4-9(11)13;/h2-4,7,10H,5-6,14H2,1H3;1H. The Morgan fingerprint density at radius 2 is 1.95 bits per heavy atom. The Morgan fingerprint density at radius 3 is 2.42 bits per heavy atom. The van der Waals surface area contributed by atoms with E-state index in [0.717, 1.165) is 4.47 Å². The van der Waals surface area contributed by atoms with Gasteiger partial charge >= 0.3 is 0 Å². The summed E-state index contributed by atoms with van der Waals surface area (Å²) in [7, 11) is -3.47. The second-order valence-corrected chi connectivity index (χ2v) is 8.21. The Morgan fingerprint density at radius 1 is 1.32 bits per heavy atom. The molecule has 1 aliphatic heterocycles.